The van der Waals surface area contributed by atoms with Crippen LogP contribution < -0.4 is 10.6 Å². The van der Waals surface area contributed by atoms with Crippen LogP contribution in [0.2, 0.25) is 0 Å². The summed E-state index contributed by atoms with van der Waals surface area (Å²) in [5, 5.41) is 4.52. The lowest BCUT2D eigenvalue weighted by molar-refractivity contribution is -0.137. The van der Waals surface area contributed by atoms with E-state index in [2.05, 4.69) is 5.32 Å². The van der Waals surface area contributed by atoms with Crippen LogP contribution in [0, 0.1) is 0 Å². The molecule has 0 aliphatic rings. The molecule has 0 saturated carbocycles. The van der Waals surface area contributed by atoms with Gasteiger partial charge < -0.3 is 15.4 Å². The first-order chi connectivity index (χ1) is 7.45. The molecule has 0 fully saturated rings. The predicted molar refractivity (Wildman–Crippen MR) is 53.0 cm³/mol. The van der Waals surface area contributed by atoms with Crippen molar-refractivity contribution in [2.75, 3.05) is 33.4 Å². The van der Waals surface area contributed by atoms with Crippen LogP contribution in [0.4, 0.5) is 13.2 Å². The zero-order valence-corrected chi connectivity index (χ0v) is 9.19. The van der Waals surface area contributed by atoms with Gasteiger partial charge in [0.25, 0.3) is 0 Å². The van der Waals surface area contributed by atoms with Gasteiger partial charge in [0.05, 0.1) is 6.54 Å². The second-order valence-corrected chi connectivity index (χ2v) is 3.27. The molecule has 0 heterocycles. The standard InChI is InChI=1S/C9H17F3N2O2/c1-16-5-3-2-4-13-6-8(15)14-7-9(10,11)12/h13H,2-7H2,1H3,(H,14,15). The van der Waals surface area contributed by atoms with Gasteiger partial charge in [-0.1, -0.05) is 0 Å². The van der Waals surface area contributed by atoms with Gasteiger partial charge in [0.15, 0.2) is 0 Å². The average Bonchev–Trinajstić information content (AvgIpc) is 2.19. The number of methoxy groups -OCH3 is 1. The summed E-state index contributed by atoms with van der Waals surface area (Å²) >= 11 is 0. The van der Waals surface area contributed by atoms with Crippen LogP contribution in [-0.4, -0.2) is 45.4 Å². The van der Waals surface area contributed by atoms with Crippen LogP contribution in [0.15, 0.2) is 0 Å². The smallest absolute Gasteiger partial charge is 0.385 e. The number of hydrogen-bond acceptors (Lipinski definition) is 3. The maximum atomic E-state index is 11.7. The van der Waals surface area contributed by atoms with Gasteiger partial charge in [-0.2, -0.15) is 13.2 Å². The molecular formula is C9H17F3N2O2. The van der Waals surface area contributed by atoms with E-state index in [0.29, 0.717) is 13.2 Å². The van der Waals surface area contributed by atoms with Crippen molar-refractivity contribution in [1.82, 2.24) is 10.6 Å². The van der Waals surface area contributed by atoms with E-state index in [1.54, 1.807) is 12.4 Å². The minimum absolute atomic E-state index is 0.0942. The predicted octanol–water partition coefficient (Wildman–Crippen LogP) is 0.681. The molecule has 0 aromatic heterocycles. The Bertz CT molecular complexity index is 198. The highest BCUT2D eigenvalue weighted by atomic mass is 19.4. The lowest BCUT2D eigenvalue weighted by Gasteiger charge is -2.08. The molecule has 0 aromatic rings. The van der Waals surface area contributed by atoms with Crippen LogP contribution >= 0.6 is 0 Å². The number of carbonyl (C=O) groups excluding carboxylic acids is 1. The fourth-order valence-electron chi connectivity index (χ4n) is 0.960. The summed E-state index contributed by atoms with van der Waals surface area (Å²) in [6, 6.07) is 0. The largest absolute Gasteiger partial charge is 0.405 e. The summed E-state index contributed by atoms with van der Waals surface area (Å²) in [5.74, 6) is -0.649. The van der Waals surface area contributed by atoms with E-state index in [1.165, 1.54) is 0 Å². The van der Waals surface area contributed by atoms with Crippen molar-refractivity contribution in [3.8, 4) is 0 Å². The van der Waals surface area contributed by atoms with Gasteiger partial charge in [0.1, 0.15) is 6.54 Å². The molecule has 16 heavy (non-hydrogen) atoms. The molecule has 0 bridgehead atoms. The van der Waals surface area contributed by atoms with E-state index in [-0.39, 0.29) is 6.54 Å². The number of amides is 1. The van der Waals surface area contributed by atoms with Crippen molar-refractivity contribution in [2.24, 2.45) is 0 Å². The van der Waals surface area contributed by atoms with Crippen molar-refractivity contribution in [3.05, 3.63) is 0 Å². The quantitative estimate of drug-likeness (QED) is 0.615. The summed E-state index contributed by atoms with van der Waals surface area (Å²) in [5.41, 5.74) is 0. The molecule has 0 atom stereocenters. The van der Waals surface area contributed by atoms with Gasteiger partial charge in [0.2, 0.25) is 5.91 Å². The Morgan fingerprint density at radius 1 is 1.31 bits per heavy atom. The molecule has 0 aliphatic heterocycles. The Morgan fingerprint density at radius 2 is 2.00 bits per heavy atom. The van der Waals surface area contributed by atoms with Gasteiger partial charge in [-0.3, -0.25) is 4.79 Å². The first kappa shape index (κ1) is 15.2. The maximum Gasteiger partial charge on any atom is 0.405 e. The van der Waals surface area contributed by atoms with Crippen molar-refractivity contribution in [1.29, 1.82) is 0 Å². The first-order valence-electron chi connectivity index (χ1n) is 4.99. The molecule has 2 N–H and O–H groups in total. The fourth-order valence-corrected chi connectivity index (χ4v) is 0.960. The van der Waals surface area contributed by atoms with E-state index in [0.717, 1.165) is 12.8 Å². The van der Waals surface area contributed by atoms with E-state index in [1.807, 2.05) is 0 Å². The Labute approximate surface area is 92.5 Å². The SMILES string of the molecule is COCCCCNCC(=O)NCC(F)(F)F. The molecule has 7 heteroatoms. The number of carbonyl (C=O) groups is 1. The van der Waals surface area contributed by atoms with Crippen LogP contribution in [0.25, 0.3) is 0 Å². The van der Waals surface area contributed by atoms with Crippen molar-refractivity contribution < 1.29 is 22.7 Å². The molecule has 96 valence electrons. The third-order valence-corrected chi connectivity index (χ3v) is 1.72. The topological polar surface area (TPSA) is 50.4 Å². The van der Waals surface area contributed by atoms with Gasteiger partial charge >= 0.3 is 6.18 Å². The molecule has 0 spiro atoms. The van der Waals surface area contributed by atoms with E-state index >= 15 is 0 Å². The number of hydrogen-bond donors (Lipinski definition) is 2. The van der Waals surface area contributed by atoms with Crippen LogP contribution in [-0.2, 0) is 9.53 Å². The van der Waals surface area contributed by atoms with Crippen LogP contribution in [0.3, 0.4) is 0 Å². The highest BCUT2D eigenvalue weighted by Gasteiger charge is 2.27. The lowest BCUT2D eigenvalue weighted by Crippen LogP contribution is -2.39. The molecule has 0 radical (unpaired) electrons. The van der Waals surface area contributed by atoms with Gasteiger partial charge in [-0.15, -0.1) is 0 Å². The molecule has 0 unspecified atom stereocenters. The number of unbranched alkanes of at least 4 members (excludes halogenated alkanes) is 1. The third kappa shape index (κ3) is 11.3. The number of rotatable bonds is 8. The Kier molecular flexibility index (Phi) is 7.92. The Morgan fingerprint density at radius 3 is 2.56 bits per heavy atom. The van der Waals surface area contributed by atoms with E-state index < -0.39 is 18.6 Å². The number of halogens is 3. The number of nitrogens with one attached hydrogen (secondary N) is 2. The molecule has 0 saturated heterocycles. The molecule has 0 aromatic carbocycles. The fraction of sp³-hybridized carbons (Fsp3) is 0.889. The molecule has 1 amide bonds. The summed E-state index contributed by atoms with van der Waals surface area (Å²) in [4.78, 5) is 10.9. The minimum atomic E-state index is -4.35. The Hall–Kier alpha value is -0.820. The van der Waals surface area contributed by atoms with Crippen molar-refractivity contribution >= 4 is 5.91 Å². The lowest BCUT2D eigenvalue weighted by atomic mass is 10.3. The molecule has 0 aliphatic carbocycles. The highest BCUT2D eigenvalue weighted by molar-refractivity contribution is 5.77. The van der Waals surface area contributed by atoms with Gasteiger partial charge in [0, 0.05) is 13.7 Å². The molecule has 4 nitrogen and oxygen atoms in total. The summed E-state index contributed by atoms with van der Waals surface area (Å²) in [7, 11) is 1.60. The summed E-state index contributed by atoms with van der Waals surface area (Å²) < 4.78 is 39.9. The highest BCUT2D eigenvalue weighted by Crippen LogP contribution is 2.11. The summed E-state index contributed by atoms with van der Waals surface area (Å²) in [6.07, 6.45) is -2.68. The van der Waals surface area contributed by atoms with Crippen LogP contribution in [0.1, 0.15) is 12.8 Å². The number of alkyl halides is 3. The van der Waals surface area contributed by atoms with Crippen LogP contribution in [0.5, 0.6) is 0 Å². The second-order valence-electron chi connectivity index (χ2n) is 3.27. The van der Waals surface area contributed by atoms with Crippen molar-refractivity contribution in [2.45, 2.75) is 19.0 Å². The first-order valence-corrected chi connectivity index (χ1v) is 4.99. The zero-order chi connectivity index (χ0) is 12.4. The van der Waals surface area contributed by atoms with E-state index in [4.69, 9.17) is 4.74 Å². The summed E-state index contributed by atoms with van der Waals surface area (Å²) in [6.45, 7) is -0.148. The number of ether oxygens (including phenoxy) is 1. The van der Waals surface area contributed by atoms with Gasteiger partial charge in [-0.25, -0.2) is 0 Å². The van der Waals surface area contributed by atoms with Crippen molar-refractivity contribution in [3.63, 3.8) is 0 Å². The Balaban J connectivity index is 3.31. The average molecular weight is 242 g/mol. The monoisotopic (exact) mass is 242 g/mol. The minimum Gasteiger partial charge on any atom is -0.385 e. The second kappa shape index (κ2) is 8.35. The zero-order valence-electron chi connectivity index (χ0n) is 9.19. The van der Waals surface area contributed by atoms with Gasteiger partial charge in [-0.05, 0) is 19.4 Å². The third-order valence-electron chi connectivity index (χ3n) is 1.72. The normalized spacial score (nSPS) is 11.5. The maximum absolute atomic E-state index is 11.7. The molecule has 0 rings (SSSR count). The van der Waals surface area contributed by atoms with E-state index in [9.17, 15) is 18.0 Å². The molecular weight excluding hydrogens is 225 g/mol.